The van der Waals surface area contributed by atoms with Gasteiger partial charge in [-0.3, -0.25) is 0 Å². The zero-order valence-corrected chi connectivity index (χ0v) is 14.9. The fourth-order valence-electron chi connectivity index (χ4n) is 2.77. The van der Waals surface area contributed by atoms with Crippen molar-refractivity contribution in [1.29, 1.82) is 0 Å². The molecule has 0 fully saturated rings. The summed E-state index contributed by atoms with van der Waals surface area (Å²) in [6.45, 7) is 1.87. The molecular weight excluding hydrogens is 351 g/mol. The fraction of sp³-hybridized carbons (Fsp3) is 0.368. The zero-order valence-electron chi connectivity index (χ0n) is 14.2. The molecule has 0 spiro atoms. The van der Waals surface area contributed by atoms with Crippen LogP contribution in [0.25, 0.3) is 0 Å². The Morgan fingerprint density at radius 3 is 2.28 bits per heavy atom. The normalized spacial score (nSPS) is 14.0. The largest absolute Gasteiger partial charge is 0.497 e. The molecule has 2 aromatic carbocycles. The SMILES string of the molecule is CCCCC(Nc1ccc(OC)cc1)(c1cccc(Cl)c1)C(F)(F)F. The minimum Gasteiger partial charge on any atom is -0.497 e. The van der Waals surface area contributed by atoms with Crippen LogP contribution in [-0.2, 0) is 5.54 Å². The molecule has 136 valence electrons. The number of nitrogens with one attached hydrogen (secondary N) is 1. The quantitative estimate of drug-likeness (QED) is 0.607. The first kappa shape index (κ1) is 19.4. The summed E-state index contributed by atoms with van der Waals surface area (Å²) in [4.78, 5) is 0. The van der Waals surface area contributed by atoms with Gasteiger partial charge in [-0.25, -0.2) is 0 Å². The molecule has 2 nitrogen and oxygen atoms in total. The Morgan fingerprint density at radius 1 is 1.08 bits per heavy atom. The highest BCUT2D eigenvalue weighted by Crippen LogP contribution is 2.46. The van der Waals surface area contributed by atoms with Crippen LogP contribution in [-0.4, -0.2) is 13.3 Å². The second-order valence-electron chi connectivity index (χ2n) is 5.87. The third-order valence-electron chi connectivity index (χ3n) is 4.15. The van der Waals surface area contributed by atoms with Crippen molar-refractivity contribution in [2.24, 2.45) is 0 Å². The third kappa shape index (κ3) is 4.40. The Labute approximate surface area is 151 Å². The monoisotopic (exact) mass is 371 g/mol. The number of unbranched alkanes of at least 4 members (excludes halogenated alkanes) is 1. The van der Waals surface area contributed by atoms with E-state index in [1.807, 2.05) is 6.92 Å². The maximum absolute atomic E-state index is 14.2. The van der Waals surface area contributed by atoms with Crippen molar-refractivity contribution in [3.8, 4) is 5.75 Å². The van der Waals surface area contributed by atoms with Crippen LogP contribution in [0.1, 0.15) is 31.7 Å². The lowest BCUT2D eigenvalue weighted by atomic mass is 9.83. The van der Waals surface area contributed by atoms with Crippen LogP contribution in [0.2, 0.25) is 5.02 Å². The number of benzene rings is 2. The van der Waals surface area contributed by atoms with Crippen LogP contribution in [0.3, 0.4) is 0 Å². The molecule has 1 N–H and O–H groups in total. The number of anilines is 1. The van der Waals surface area contributed by atoms with Crippen molar-refractivity contribution in [3.63, 3.8) is 0 Å². The third-order valence-corrected chi connectivity index (χ3v) is 4.39. The van der Waals surface area contributed by atoms with Crippen LogP contribution >= 0.6 is 11.6 Å². The Kier molecular flexibility index (Phi) is 6.22. The highest BCUT2D eigenvalue weighted by atomic mass is 35.5. The highest BCUT2D eigenvalue weighted by molar-refractivity contribution is 6.30. The van der Waals surface area contributed by atoms with E-state index >= 15 is 0 Å². The van der Waals surface area contributed by atoms with E-state index in [2.05, 4.69) is 5.32 Å². The summed E-state index contributed by atoms with van der Waals surface area (Å²) >= 11 is 5.97. The lowest BCUT2D eigenvalue weighted by molar-refractivity contribution is -0.184. The maximum atomic E-state index is 14.2. The number of ether oxygens (including phenoxy) is 1. The smallest absolute Gasteiger partial charge is 0.415 e. The Balaban J connectivity index is 2.51. The summed E-state index contributed by atoms with van der Waals surface area (Å²) in [5.41, 5.74) is -1.73. The molecule has 25 heavy (non-hydrogen) atoms. The van der Waals surface area contributed by atoms with Crippen molar-refractivity contribution in [1.82, 2.24) is 0 Å². The van der Waals surface area contributed by atoms with E-state index in [9.17, 15) is 13.2 Å². The van der Waals surface area contributed by atoms with Crippen LogP contribution in [0.5, 0.6) is 5.75 Å². The molecule has 0 saturated heterocycles. The minimum absolute atomic E-state index is 0.0840. The van der Waals surface area contributed by atoms with Gasteiger partial charge < -0.3 is 10.1 Å². The molecule has 2 rings (SSSR count). The number of methoxy groups -OCH3 is 1. The number of alkyl halides is 3. The average Bonchev–Trinajstić information content (AvgIpc) is 2.58. The van der Waals surface area contributed by atoms with Gasteiger partial charge in [-0.2, -0.15) is 13.2 Å². The molecule has 2 aromatic rings. The molecule has 0 radical (unpaired) electrons. The highest BCUT2D eigenvalue weighted by Gasteiger charge is 2.55. The Morgan fingerprint density at radius 2 is 1.76 bits per heavy atom. The maximum Gasteiger partial charge on any atom is 0.415 e. The van der Waals surface area contributed by atoms with Gasteiger partial charge in [0, 0.05) is 10.7 Å². The van der Waals surface area contributed by atoms with Gasteiger partial charge in [0.15, 0.2) is 5.54 Å². The lowest BCUT2D eigenvalue weighted by Crippen LogP contribution is -2.49. The second kappa shape index (κ2) is 8.00. The van der Waals surface area contributed by atoms with E-state index in [0.29, 0.717) is 24.3 Å². The first-order valence-corrected chi connectivity index (χ1v) is 8.45. The van der Waals surface area contributed by atoms with E-state index in [1.165, 1.54) is 19.2 Å². The predicted octanol–water partition coefficient (Wildman–Crippen LogP) is 6.41. The molecule has 0 amide bonds. The van der Waals surface area contributed by atoms with Crippen LogP contribution in [0.15, 0.2) is 48.5 Å². The molecule has 0 aliphatic rings. The van der Waals surface area contributed by atoms with Crippen LogP contribution in [0.4, 0.5) is 18.9 Å². The number of hydrogen-bond acceptors (Lipinski definition) is 2. The van der Waals surface area contributed by atoms with E-state index in [-0.39, 0.29) is 17.0 Å². The van der Waals surface area contributed by atoms with Crippen LogP contribution in [0, 0.1) is 0 Å². The summed E-state index contributed by atoms with van der Waals surface area (Å²) in [7, 11) is 1.51. The van der Waals surface area contributed by atoms with Crippen molar-refractivity contribution < 1.29 is 17.9 Å². The molecular formula is C19H21ClF3NO. The number of halogens is 4. The molecule has 1 atom stereocenters. The molecule has 0 aliphatic carbocycles. The standard InChI is InChI=1S/C19H21ClF3NO/c1-3-4-12-18(19(21,22)23,14-6-5-7-15(20)13-14)24-16-8-10-17(25-2)11-9-16/h5-11,13,24H,3-4,12H2,1-2H3. The topological polar surface area (TPSA) is 21.3 Å². The van der Waals surface area contributed by atoms with E-state index in [0.717, 1.165) is 0 Å². The predicted molar refractivity (Wildman–Crippen MR) is 95.3 cm³/mol. The van der Waals surface area contributed by atoms with Gasteiger partial charge in [-0.15, -0.1) is 0 Å². The van der Waals surface area contributed by atoms with E-state index in [1.54, 1.807) is 36.4 Å². The fourth-order valence-corrected chi connectivity index (χ4v) is 2.96. The zero-order chi connectivity index (χ0) is 18.5. The van der Waals surface area contributed by atoms with Crippen molar-refractivity contribution >= 4 is 17.3 Å². The summed E-state index contributed by atoms with van der Waals surface area (Å²) in [6.07, 6.45) is -3.50. The van der Waals surface area contributed by atoms with Crippen molar-refractivity contribution in [2.45, 2.75) is 37.9 Å². The first-order valence-electron chi connectivity index (χ1n) is 8.07. The minimum atomic E-state index is -4.49. The molecule has 0 bridgehead atoms. The van der Waals surface area contributed by atoms with Gasteiger partial charge in [0.25, 0.3) is 0 Å². The van der Waals surface area contributed by atoms with Gasteiger partial charge in [-0.1, -0.05) is 43.5 Å². The summed E-state index contributed by atoms with van der Waals surface area (Å²) < 4.78 is 47.7. The lowest BCUT2D eigenvalue weighted by Gasteiger charge is -2.38. The summed E-state index contributed by atoms with van der Waals surface area (Å²) in [5, 5.41) is 3.00. The van der Waals surface area contributed by atoms with Crippen molar-refractivity contribution in [3.05, 3.63) is 59.1 Å². The Bertz CT molecular complexity index is 688. The molecule has 0 heterocycles. The van der Waals surface area contributed by atoms with Gasteiger partial charge in [-0.05, 0) is 48.4 Å². The van der Waals surface area contributed by atoms with Crippen molar-refractivity contribution in [2.75, 3.05) is 12.4 Å². The second-order valence-corrected chi connectivity index (χ2v) is 6.31. The van der Waals surface area contributed by atoms with E-state index < -0.39 is 11.7 Å². The Hall–Kier alpha value is -1.88. The van der Waals surface area contributed by atoms with E-state index in [4.69, 9.17) is 16.3 Å². The van der Waals surface area contributed by atoms with Gasteiger partial charge in [0.05, 0.1) is 7.11 Å². The molecule has 0 saturated carbocycles. The summed E-state index contributed by atoms with van der Waals surface area (Å²) in [5.74, 6) is 0.583. The van der Waals surface area contributed by atoms with Gasteiger partial charge in [0.1, 0.15) is 5.75 Å². The molecule has 0 aromatic heterocycles. The van der Waals surface area contributed by atoms with Crippen LogP contribution < -0.4 is 10.1 Å². The van der Waals surface area contributed by atoms with Gasteiger partial charge in [0.2, 0.25) is 0 Å². The average molecular weight is 372 g/mol. The number of rotatable bonds is 7. The summed E-state index contributed by atoms with van der Waals surface area (Å²) in [6, 6.07) is 12.4. The molecule has 6 heteroatoms. The molecule has 0 aliphatic heterocycles. The van der Waals surface area contributed by atoms with Gasteiger partial charge >= 0.3 is 6.18 Å². The first-order chi connectivity index (χ1) is 11.8. The number of hydrogen-bond donors (Lipinski definition) is 1. The molecule has 1 unspecified atom stereocenters.